The molecule has 11 heteroatoms. The van der Waals surface area contributed by atoms with Gasteiger partial charge in [-0.2, -0.15) is 0 Å². The predicted molar refractivity (Wildman–Crippen MR) is 324 cm³/mol. The first-order chi connectivity index (χ1) is 38.2. The van der Waals surface area contributed by atoms with Crippen LogP contribution in [0.15, 0.2) is 60.8 Å². The highest BCUT2D eigenvalue weighted by Crippen LogP contribution is 2.26. The lowest BCUT2D eigenvalue weighted by molar-refractivity contribution is -0.305. The zero-order valence-corrected chi connectivity index (χ0v) is 50.3. The highest BCUT2D eigenvalue weighted by Gasteiger charge is 2.47. The number of amides is 1. The Kier molecular flexibility index (Phi) is 51.7. The van der Waals surface area contributed by atoms with Gasteiger partial charge < -0.3 is 45.1 Å². The van der Waals surface area contributed by atoms with Crippen LogP contribution in [0.2, 0.25) is 0 Å². The Hall–Kier alpha value is -2.64. The molecule has 78 heavy (non-hydrogen) atoms. The van der Waals surface area contributed by atoms with Gasteiger partial charge in [-0.25, -0.2) is 0 Å². The van der Waals surface area contributed by atoms with Crippen LogP contribution in [0.3, 0.4) is 0 Å². The number of aliphatic hydroxyl groups excluding tert-OH is 5. The molecule has 1 fully saturated rings. The smallest absolute Gasteiger partial charge is 0.306 e. The molecule has 0 aliphatic carbocycles. The number of allylic oxidation sites excluding steroid dienone is 9. The Labute approximate surface area is 478 Å². The molecule has 8 unspecified atom stereocenters. The number of aliphatic hydroxyl groups is 5. The summed E-state index contributed by atoms with van der Waals surface area (Å²) >= 11 is 0. The molecule has 454 valence electrons. The summed E-state index contributed by atoms with van der Waals surface area (Å²) in [5, 5.41) is 57.0. The average Bonchev–Trinajstić information content (AvgIpc) is 3.44. The summed E-state index contributed by atoms with van der Waals surface area (Å²) in [5.74, 6) is -1.19. The number of esters is 1. The van der Waals surface area contributed by atoms with Crippen molar-refractivity contribution in [2.45, 2.75) is 339 Å². The van der Waals surface area contributed by atoms with Crippen molar-refractivity contribution in [2.75, 3.05) is 13.2 Å². The molecule has 11 nitrogen and oxygen atoms in total. The van der Waals surface area contributed by atoms with Gasteiger partial charge in [0.1, 0.15) is 24.4 Å². The lowest BCUT2D eigenvalue weighted by Gasteiger charge is -2.41. The Morgan fingerprint density at radius 2 is 0.885 bits per heavy atom. The maximum absolute atomic E-state index is 13.4. The van der Waals surface area contributed by atoms with E-state index in [4.69, 9.17) is 14.2 Å². The Balaban J connectivity index is 2.61. The first-order valence-electron chi connectivity index (χ1n) is 32.6. The minimum Gasteiger partial charge on any atom is -0.454 e. The minimum absolute atomic E-state index is 0.125. The van der Waals surface area contributed by atoms with E-state index in [0.717, 1.165) is 83.5 Å². The van der Waals surface area contributed by atoms with Gasteiger partial charge in [0.25, 0.3) is 0 Å². The normalized spacial score (nSPS) is 19.3. The van der Waals surface area contributed by atoms with Crippen molar-refractivity contribution in [3.05, 3.63) is 60.8 Å². The Morgan fingerprint density at radius 1 is 0.500 bits per heavy atom. The fourth-order valence-electron chi connectivity index (χ4n) is 9.99. The minimum atomic E-state index is -1.61. The molecule has 8 atom stereocenters. The van der Waals surface area contributed by atoms with Crippen molar-refractivity contribution in [2.24, 2.45) is 0 Å². The van der Waals surface area contributed by atoms with Gasteiger partial charge in [-0.1, -0.05) is 274 Å². The van der Waals surface area contributed by atoms with Gasteiger partial charge in [-0.3, -0.25) is 9.59 Å². The molecule has 0 spiro atoms. The standard InChI is InChI=1S/C67H121NO10/c1-4-7-10-13-16-19-22-24-26-27-28-29-30-31-32-33-34-35-36-39-42-45-48-51-54-60(71)66(75)68-58(59(70)53-50-47-44-41-38-21-18-15-12-9-6-3)57-76-67-65(64(74)63(73)61(56-69)77-67)78-62(72)55-52-49-46-43-40-37-25-23-20-17-14-11-8-5-2/h16,19,24,26,28-29,31-32,50,53,58-61,63-65,67,69-71,73-74H,4-15,17-18,20-23,25,27,30,33-49,51-52,54-57H2,1-3H3,(H,68,75)/b19-16-,26-24-,29-28-,32-31-,53-50+. The molecule has 0 bridgehead atoms. The second-order valence-corrected chi connectivity index (χ2v) is 22.5. The van der Waals surface area contributed by atoms with Crippen molar-refractivity contribution < 1.29 is 49.3 Å². The second-order valence-electron chi connectivity index (χ2n) is 22.5. The number of hydrogen-bond donors (Lipinski definition) is 6. The third-order valence-corrected chi connectivity index (χ3v) is 15.2. The van der Waals surface area contributed by atoms with Crippen molar-refractivity contribution in [3.63, 3.8) is 0 Å². The molecule has 1 aliphatic heterocycles. The van der Waals surface area contributed by atoms with Crippen LogP contribution in [0.5, 0.6) is 0 Å². The molecule has 0 aromatic heterocycles. The summed E-state index contributed by atoms with van der Waals surface area (Å²) in [5.41, 5.74) is 0. The van der Waals surface area contributed by atoms with E-state index < -0.39 is 67.4 Å². The van der Waals surface area contributed by atoms with Crippen LogP contribution >= 0.6 is 0 Å². The van der Waals surface area contributed by atoms with E-state index in [2.05, 4.69) is 74.7 Å². The summed E-state index contributed by atoms with van der Waals surface area (Å²) in [7, 11) is 0. The quantitative estimate of drug-likeness (QED) is 0.0195. The topological polar surface area (TPSA) is 175 Å². The molecule has 0 aromatic rings. The molecule has 1 heterocycles. The number of carbonyl (C=O) groups is 2. The molecule has 0 aromatic carbocycles. The van der Waals surface area contributed by atoms with Gasteiger partial charge in [0, 0.05) is 6.42 Å². The van der Waals surface area contributed by atoms with Gasteiger partial charge in [-0.15, -0.1) is 0 Å². The van der Waals surface area contributed by atoms with E-state index >= 15 is 0 Å². The zero-order valence-electron chi connectivity index (χ0n) is 50.3. The van der Waals surface area contributed by atoms with Gasteiger partial charge in [-0.05, 0) is 70.6 Å². The van der Waals surface area contributed by atoms with Gasteiger partial charge in [0.15, 0.2) is 12.4 Å². The second kappa shape index (κ2) is 54.9. The first kappa shape index (κ1) is 73.4. The van der Waals surface area contributed by atoms with E-state index in [9.17, 15) is 35.1 Å². The molecule has 1 rings (SSSR count). The predicted octanol–water partition coefficient (Wildman–Crippen LogP) is 15.8. The average molecular weight is 1100 g/mol. The molecule has 6 N–H and O–H groups in total. The fourth-order valence-corrected chi connectivity index (χ4v) is 9.99. The van der Waals surface area contributed by atoms with Crippen LogP contribution < -0.4 is 5.32 Å². The van der Waals surface area contributed by atoms with Gasteiger partial charge in [0.05, 0.1) is 25.4 Å². The number of hydrogen-bond acceptors (Lipinski definition) is 10. The van der Waals surface area contributed by atoms with Crippen LogP contribution in [-0.4, -0.2) is 99.6 Å². The highest BCUT2D eigenvalue weighted by molar-refractivity contribution is 5.80. The number of ether oxygens (including phenoxy) is 3. The molecular formula is C67H121NO10. The summed E-state index contributed by atoms with van der Waals surface area (Å²) < 4.78 is 17.6. The lowest BCUT2D eigenvalue weighted by atomic mass is 9.99. The summed E-state index contributed by atoms with van der Waals surface area (Å²) in [6, 6.07) is -1.03. The van der Waals surface area contributed by atoms with Crippen LogP contribution in [0.25, 0.3) is 0 Å². The maximum atomic E-state index is 13.4. The zero-order chi connectivity index (χ0) is 56.8. The summed E-state index contributed by atoms with van der Waals surface area (Å²) in [4.78, 5) is 26.5. The third kappa shape index (κ3) is 42.2. The van der Waals surface area contributed by atoms with Crippen LogP contribution in [0.4, 0.5) is 0 Å². The van der Waals surface area contributed by atoms with Crippen molar-refractivity contribution >= 4 is 11.9 Å². The van der Waals surface area contributed by atoms with Crippen molar-refractivity contribution in [1.29, 1.82) is 0 Å². The Bertz CT molecular complexity index is 1500. The first-order valence-corrected chi connectivity index (χ1v) is 32.6. The SMILES string of the molecule is CCCCC/C=C\C/C=C\C/C=C\C/C=C\CCCCCCCCCCC(O)C(=O)NC(COC1OC(CO)C(O)C(O)C1OC(=O)CCCCCCCCCCCCCCCC)C(O)/C=C/CCCCCCCCCCC. The van der Waals surface area contributed by atoms with Crippen molar-refractivity contribution in [3.8, 4) is 0 Å². The summed E-state index contributed by atoms with van der Waals surface area (Å²) in [6.45, 7) is 5.76. The third-order valence-electron chi connectivity index (χ3n) is 15.2. The maximum Gasteiger partial charge on any atom is 0.306 e. The molecule has 1 saturated heterocycles. The molecule has 1 amide bonds. The number of nitrogens with one attached hydrogen (secondary N) is 1. The molecule has 0 saturated carbocycles. The largest absolute Gasteiger partial charge is 0.454 e. The van der Waals surface area contributed by atoms with Crippen LogP contribution in [0, 0.1) is 0 Å². The number of carbonyl (C=O) groups excluding carboxylic acids is 2. The van der Waals surface area contributed by atoms with E-state index in [1.807, 2.05) is 6.08 Å². The summed E-state index contributed by atoms with van der Waals surface area (Å²) in [6.07, 6.45) is 58.3. The van der Waals surface area contributed by atoms with Crippen LogP contribution in [-0.2, 0) is 23.8 Å². The fraction of sp³-hybridized carbons (Fsp3) is 0.821. The van der Waals surface area contributed by atoms with E-state index in [0.29, 0.717) is 12.8 Å². The molecule has 1 aliphatic rings. The van der Waals surface area contributed by atoms with E-state index in [1.165, 1.54) is 161 Å². The number of rotatable bonds is 55. The van der Waals surface area contributed by atoms with Gasteiger partial charge in [0.2, 0.25) is 5.91 Å². The van der Waals surface area contributed by atoms with E-state index in [-0.39, 0.29) is 19.4 Å². The molecule has 0 radical (unpaired) electrons. The van der Waals surface area contributed by atoms with Crippen molar-refractivity contribution in [1.82, 2.24) is 5.32 Å². The molecular weight excluding hydrogens is 979 g/mol. The van der Waals surface area contributed by atoms with Gasteiger partial charge >= 0.3 is 5.97 Å². The number of unbranched alkanes of at least 4 members (excludes halogenated alkanes) is 33. The monoisotopic (exact) mass is 1100 g/mol. The lowest BCUT2D eigenvalue weighted by Crippen LogP contribution is -2.61. The van der Waals surface area contributed by atoms with E-state index in [1.54, 1.807) is 6.08 Å². The Morgan fingerprint density at radius 3 is 1.35 bits per heavy atom. The highest BCUT2D eigenvalue weighted by atomic mass is 16.7. The van der Waals surface area contributed by atoms with Crippen LogP contribution in [0.1, 0.15) is 290 Å².